The fourth-order valence-electron chi connectivity index (χ4n) is 7.33. The van der Waals surface area contributed by atoms with Crippen LogP contribution >= 0.6 is 0 Å². The summed E-state index contributed by atoms with van der Waals surface area (Å²) in [7, 11) is 0. The van der Waals surface area contributed by atoms with E-state index in [1.807, 2.05) is 0 Å². The first-order chi connectivity index (χ1) is 12.6. The smallest absolute Gasteiger partial charge is 0.139 e. The molecule has 1 heterocycles. The fourth-order valence-corrected chi connectivity index (χ4v) is 7.33. The molecule has 2 heteroatoms. The zero-order chi connectivity index (χ0) is 17.9. The van der Waals surface area contributed by atoms with Crippen molar-refractivity contribution in [1.82, 2.24) is 4.90 Å². The van der Waals surface area contributed by atoms with Gasteiger partial charge in [0.2, 0.25) is 0 Å². The first-order valence-electron chi connectivity index (χ1n) is 11.0. The minimum Gasteiger partial charge on any atom is -0.375 e. The molecule has 0 aromatic rings. The molecule has 26 heavy (non-hydrogen) atoms. The summed E-state index contributed by atoms with van der Waals surface area (Å²) < 4.78 is 0. The zero-order valence-corrected chi connectivity index (χ0v) is 16.4. The van der Waals surface area contributed by atoms with Gasteiger partial charge >= 0.3 is 0 Å². The summed E-state index contributed by atoms with van der Waals surface area (Å²) in [6, 6.07) is 0. The summed E-state index contributed by atoms with van der Waals surface area (Å²) in [6.45, 7) is 9.32. The molecule has 4 atom stereocenters. The fraction of sp³-hybridized carbons (Fsp3) is 0.708. The maximum atomic E-state index is 12.8. The molecule has 0 spiro atoms. The highest BCUT2D eigenvalue weighted by molar-refractivity contribution is 5.88. The van der Waals surface area contributed by atoms with Crippen LogP contribution in [0.1, 0.15) is 71.1 Å². The summed E-state index contributed by atoms with van der Waals surface area (Å²) in [5, 5.41) is 0. The second-order valence-corrected chi connectivity index (χ2v) is 9.47. The van der Waals surface area contributed by atoms with Gasteiger partial charge in [0.1, 0.15) is 5.78 Å². The van der Waals surface area contributed by atoms with Crippen LogP contribution in [0.25, 0.3) is 0 Å². The number of allylic oxidation sites excluding steroid dienone is 5. The van der Waals surface area contributed by atoms with E-state index in [0.717, 1.165) is 25.7 Å². The molecule has 4 aliphatic carbocycles. The molecule has 140 valence electrons. The predicted octanol–water partition coefficient (Wildman–Crippen LogP) is 5.42. The monoisotopic (exact) mass is 351 g/mol. The molecule has 5 rings (SSSR count). The molecular formula is C24H33NO. The van der Waals surface area contributed by atoms with Gasteiger partial charge in [-0.15, -0.1) is 0 Å². The number of carbonyl (C=O) groups excluding carboxylic acids is 1. The lowest BCUT2D eigenvalue weighted by Crippen LogP contribution is -2.46. The molecule has 4 unspecified atom stereocenters. The van der Waals surface area contributed by atoms with Crippen LogP contribution in [0.5, 0.6) is 0 Å². The van der Waals surface area contributed by atoms with Crippen LogP contribution < -0.4 is 0 Å². The van der Waals surface area contributed by atoms with Crippen molar-refractivity contribution in [3.63, 3.8) is 0 Å². The molecule has 3 fully saturated rings. The minimum absolute atomic E-state index is 0.0540. The standard InChI is InChI=1S/C24H33NO/c1-3-24-15-16(2)23-19-9-7-18(25-12-4-5-13-25)14-17(19)6-8-20(23)21(24)10-11-22(24)26/h14,20-21,23H,2-13,15H2,1H3. The third kappa shape index (κ3) is 2.26. The molecule has 5 aliphatic rings. The quantitative estimate of drug-likeness (QED) is 0.619. The summed E-state index contributed by atoms with van der Waals surface area (Å²) in [5.74, 6) is 2.42. The second kappa shape index (κ2) is 6.11. The minimum atomic E-state index is -0.0540. The average molecular weight is 352 g/mol. The van der Waals surface area contributed by atoms with E-state index in [9.17, 15) is 4.79 Å². The average Bonchev–Trinajstić information content (AvgIpc) is 3.30. The van der Waals surface area contributed by atoms with Gasteiger partial charge in [-0.1, -0.05) is 24.6 Å². The Morgan fingerprint density at radius 3 is 2.73 bits per heavy atom. The molecule has 2 nitrogen and oxygen atoms in total. The van der Waals surface area contributed by atoms with Gasteiger partial charge in [0.05, 0.1) is 0 Å². The van der Waals surface area contributed by atoms with Crippen molar-refractivity contribution in [3.05, 3.63) is 35.1 Å². The third-order valence-corrected chi connectivity index (χ3v) is 8.54. The van der Waals surface area contributed by atoms with Gasteiger partial charge in [-0.2, -0.15) is 0 Å². The van der Waals surface area contributed by atoms with E-state index in [0.29, 0.717) is 23.5 Å². The van der Waals surface area contributed by atoms with Crippen LogP contribution in [-0.4, -0.2) is 23.8 Å². The van der Waals surface area contributed by atoms with E-state index in [1.54, 1.807) is 16.8 Å². The number of ketones is 1. The van der Waals surface area contributed by atoms with Gasteiger partial charge in [0.15, 0.2) is 0 Å². The molecule has 0 bridgehead atoms. The van der Waals surface area contributed by atoms with Crippen LogP contribution in [0.15, 0.2) is 35.1 Å². The third-order valence-electron chi connectivity index (χ3n) is 8.54. The van der Waals surface area contributed by atoms with E-state index in [4.69, 9.17) is 0 Å². The van der Waals surface area contributed by atoms with Crippen molar-refractivity contribution in [1.29, 1.82) is 0 Å². The van der Waals surface area contributed by atoms with Crippen molar-refractivity contribution in [2.75, 3.05) is 13.1 Å². The van der Waals surface area contributed by atoms with Crippen LogP contribution in [0.4, 0.5) is 0 Å². The highest BCUT2D eigenvalue weighted by atomic mass is 16.1. The maximum Gasteiger partial charge on any atom is 0.139 e. The largest absolute Gasteiger partial charge is 0.375 e. The number of carbonyl (C=O) groups is 1. The summed E-state index contributed by atoms with van der Waals surface area (Å²) >= 11 is 0. The topological polar surface area (TPSA) is 20.3 Å². The lowest BCUT2D eigenvalue weighted by atomic mass is 9.52. The molecule has 1 aliphatic heterocycles. The van der Waals surface area contributed by atoms with E-state index in [2.05, 4.69) is 24.5 Å². The van der Waals surface area contributed by atoms with Crippen LogP contribution in [0.2, 0.25) is 0 Å². The molecular weight excluding hydrogens is 318 g/mol. The van der Waals surface area contributed by atoms with Crippen molar-refractivity contribution in [2.45, 2.75) is 71.1 Å². The Kier molecular flexibility index (Phi) is 3.95. The highest BCUT2D eigenvalue weighted by Gasteiger charge is 2.57. The van der Waals surface area contributed by atoms with Crippen LogP contribution in [0.3, 0.4) is 0 Å². The Balaban J connectivity index is 1.48. The Hall–Kier alpha value is -1.31. The van der Waals surface area contributed by atoms with E-state index < -0.39 is 0 Å². The normalized spacial score (nSPS) is 39.7. The number of rotatable bonds is 2. The van der Waals surface area contributed by atoms with Crippen molar-refractivity contribution in [3.8, 4) is 0 Å². The maximum absolute atomic E-state index is 12.8. The van der Waals surface area contributed by atoms with Gasteiger partial charge in [-0.3, -0.25) is 4.79 Å². The first kappa shape index (κ1) is 16.8. The van der Waals surface area contributed by atoms with Crippen LogP contribution in [-0.2, 0) is 4.79 Å². The Morgan fingerprint density at radius 2 is 1.96 bits per heavy atom. The highest BCUT2D eigenvalue weighted by Crippen LogP contribution is 2.62. The zero-order valence-electron chi connectivity index (χ0n) is 16.4. The first-order valence-corrected chi connectivity index (χ1v) is 11.0. The van der Waals surface area contributed by atoms with Gasteiger partial charge in [0, 0.05) is 36.5 Å². The lowest BCUT2D eigenvalue weighted by molar-refractivity contribution is -0.129. The van der Waals surface area contributed by atoms with Gasteiger partial charge in [-0.25, -0.2) is 0 Å². The van der Waals surface area contributed by atoms with E-state index in [-0.39, 0.29) is 5.41 Å². The van der Waals surface area contributed by atoms with Gasteiger partial charge in [-0.05, 0) is 81.3 Å². The number of nitrogens with zero attached hydrogens (tertiary/aromatic N) is 1. The summed E-state index contributed by atoms with van der Waals surface area (Å²) in [6.07, 6.45) is 14.2. The lowest BCUT2D eigenvalue weighted by Gasteiger charge is -2.51. The summed E-state index contributed by atoms with van der Waals surface area (Å²) in [5.41, 5.74) is 6.27. The van der Waals surface area contributed by atoms with Crippen molar-refractivity contribution < 1.29 is 4.79 Å². The van der Waals surface area contributed by atoms with Crippen molar-refractivity contribution in [2.24, 2.45) is 23.2 Å². The Labute approximate surface area is 158 Å². The molecule has 0 aromatic heterocycles. The van der Waals surface area contributed by atoms with Crippen molar-refractivity contribution >= 4 is 5.78 Å². The summed E-state index contributed by atoms with van der Waals surface area (Å²) in [4.78, 5) is 15.4. The van der Waals surface area contributed by atoms with Gasteiger partial charge < -0.3 is 4.90 Å². The predicted molar refractivity (Wildman–Crippen MR) is 106 cm³/mol. The number of likely N-dealkylation sites (tertiary alicyclic amines) is 1. The Morgan fingerprint density at radius 1 is 1.15 bits per heavy atom. The van der Waals surface area contributed by atoms with E-state index >= 15 is 0 Å². The number of Topliss-reactive ketones (excluding diaryl/α,β-unsaturated/α-hetero) is 1. The molecule has 0 amide bonds. The second-order valence-electron chi connectivity index (χ2n) is 9.47. The molecule has 0 radical (unpaired) electrons. The Bertz CT molecular complexity index is 708. The molecule has 0 N–H and O–H groups in total. The van der Waals surface area contributed by atoms with Gasteiger partial charge in [0.25, 0.3) is 0 Å². The number of hydrogen-bond donors (Lipinski definition) is 0. The van der Waals surface area contributed by atoms with E-state index in [1.165, 1.54) is 57.2 Å². The molecule has 0 aromatic carbocycles. The number of hydrogen-bond acceptors (Lipinski definition) is 2. The van der Waals surface area contributed by atoms with Crippen LogP contribution in [0, 0.1) is 23.2 Å². The molecule has 1 saturated heterocycles. The SMILES string of the molecule is C=C1CC2(CC)C(=O)CCC2C2CCC3=C(CCC(N4CCCC4)=C3)C12. The molecule has 2 saturated carbocycles. The number of fused-ring (bicyclic) bond motifs is 4.